The van der Waals surface area contributed by atoms with Gasteiger partial charge in [0, 0.05) is 30.8 Å². The summed E-state index contributed by atoms with van der Waals surface area (Å²) in [6, 6.07) is 10.9. The summed E-state index contributed by atoms with van der Waals surface area (Å²) < 4.78 is 27.2. The second-order valence-corrected chi connectivity index (χ2v) is 6.89. The van der Waals surface area contributed by atoms with Gasteiger partial charge in [0.1, 0.15) is 11.6 Å². The molecule has 0 aliphatic carbocycles. The van der Waals surface area contributed by atoms with Crippen molar-refractivity contribution in [3.05, 3.63) is 59.7 Å². The fourth-order valence-corrected chi connectivity index (χ4v) is 3.90. The zero-order valence-corrected chi connectivity index (χ0v) is 14.3. The molecule has 4 rings (SSSR count). The summed E-state index contributed by atoms with van der Waals surface area (Å²) >= 11 is 0. The molecule has 2 aliphatic heterocycles. The highest BCUT2D eigenvalue weighted by Gasteiger charge is 2.41. The van der Waals surface area contributed by atoms with Gasteiger partial charge in [0.25, 0.3) is 0 Å². The second-order valence-electron chi connectivity index (χ2n) is 6.89. The van der Waals surface area contributed by atoms with Crippen LogP contribution in [0.4, 0.5) is 20.2 Å². The van der Waals surface area contributed by atoms with E-state index in [4.69, 9.17) is 0 Å². The Morgan fingerprint density at radius 1 is 1.08 bits per heavy atom. The average molecular weight is 356 g/mol. The molecule has 0 radical (unpaired) electrons. The number of benzene rings is 2. The molecule has 2 aromatic rings. The number of amides is 2. The smallest absolute Gasteiger partial charge is 0.232 e. The molecule has 0 spiro atoms. The predicted octanol–water partition coefficient (Wildman–Crippen LogP) is 3.30. The molecule has 0 bridgehead atoms. The molecule has 2 heterocycles. The number of hydrogen-bond donors (Lipinski definition) is 0. The molecule has 2 amide bonds. The van der Waals surface area contributed by atoms with Gasteiger partial charge >= 0.3 is 0 Å². The predicted molar refractivity (Wildman–Crippen MR) is 93.9 cm³/mol. The number of rotatable bonds is 2. The Morgan fingerprint density at radius 2 is 1.85 bits per heavy atom. The Balaban J connectivity index is 1.58. The molecule has 2 unspecified atom stereocenters. The molecule has 2 aromatic carbocycles. The number of anilines is 2. The standard InChI is InChI=1S/C20H18F2N2O2/c1-12-8-13-4-2-3-5-17(13)24(12)20(26)14-9-19(25)23(11-14)18-7-6-15(21)10-16(18)22/h2-7,10,12,14H,8-9,11H2,1H3. The summed E-state index contributed by atoms with van der Waals surface area (Å²) in [6.45, 7) is 2.08. The Morgan fingerprint density at radius 3 is 2.62 bits per heavy atom. The van der Waals surface area contributed by atoms with Gasteiger partial charge in [-0.1, -0.05) is 18.2 Å². The molecule has 0 N–H and O–H groups in total. The van der Waals surface area contributed by atoms with Crippen molar-refractivity contribution in [2.75, 3.05) is 16.3 Å². The Bertz CT molecular complexity index is 899. The molecular formula is C20H18F2N2O2. The van der Waals surface area contributed by atoms with E-state index in [-0.39, 0.29) is 36.5 Å². The van der Waals surface area contributed by atoms with Crippen LogP contribution in [0.1, 0.15) is 18.9 Å². The van der Waals surface area contributed by atoms with Crippen molar-refractivity contribution in [1.29, 1.82) is 0 Å². The third-order valence-corrected chi connectivity index (χ3v) is 5.12. The van der Waals surface area contributed by atoms with Gasteiger partial charge in [0.2, 0.25) is 11.8 Å². The van der Waals surface area contributed by atoms with Crippen LogP contribution < -0.4 is 9.80 Å². The Hall–Kier alpha value is -2.76. The van der Waals surface area contributed by atoms with Gasteiger partial charge in [-0.05, 0) is 37.1 Å². The van der Waals surface area contributed by atoms with Crippen LogP contribution in [0.5, 0.6) is 0 Å². The number of para-hydroxylation sites is 1. The van der Waals surface area contributed by atoms with E-state index in [9.17, 15) is 18.4 Å². The van der Waals surface area contributed by atoms with Crippen LogP contribution in [0.15, 0.2) is 42.5 Å². The van der Waals surface area contributed by atoms with E-state index >= 15 is 0 Å². The zero-order valence-electron chi connectivity index (χ0n) is 14.3. The quantitative estimate of drug-likeness (QED) is 0.828. The van der Waals surface area contributed by atoms with E-state index in [0.29, 0.717) is 0 Å². The van der Waals surface area contributed by atoms with E-state index in [1.807, 2.05) is 31.2 Å². The van der Waals surface area contributed by atoms with Crippen LogP contribution in [0.25, 0.3) is 0 Å². The van der Waals surface area contributed by atoms with Crippen molar-refractivity contribution < 1.29 is 18.4 Å². The largest absolute Gasteiger partial charge is 0.309 e. The lowest BCUT2D eigenvalue weighted by molar-refractivity contribution is -0.124. The van der Waals surface area contributed by atoms with Crippen molar-refractivity contribution in [1.82, 2.24) is 0 Å². The van der Waals surface area contributed by atoms with Crippen LogP contribution in [0.2, 0.25) is 0 Å². The third kappa shape index (κ3) is 2.66. The number of halogens is 2. The highest BCUT2D eigenvalue weighted by atomic mass is 19.1. The summed E-state index contributed by atoms with van der Waals surface area (Å²) in [4.78, 5) is 28.4. The summed E-state index contributed by atoms with van der Waals surface area (Å²) in [5.74, 6) is -2.49. The van der Waals surface area contributed by atoms with Crippen LogP contribution >= 0.6 is 0 Å². The van der Waals surface area contributed by atoms with Crippen LogP contribution in [-0.4, -0.2) is 24.4 Å². The molecular weight excluding hydrogens is 338 g/mol. The number of hydrogen-bond acceptors (Lipinski definition) is 2. The SMILES string of the molecule is CC1Cc2ccccc2N1C(=O)C1CC(=O)N(c2ccc(F)cc2F)C1. The van der Waals surface area contributed by atoms with Gasteiger partial charge in [0.15, 0.2) is 0 Å². The minimum atomic E-state index is -0.800. The second kappa shape index (κ2) is 6.20. The van der Waals surface area contributed by atoms with Crippen LogP contribution in [0.3, 0.4) is 0 Å². The Labute approximate surface area is 150 Å². The summed E-state index contributed by atoms with van der Waals surface area (Å²) in [5, 5.41) is 0. The van der Waals surface area contributed by atoms with E-state index in [2.05, 4.69) is 0 Å². The van der Waals surface area contributed by atoms with E-state index < -0.39 is 17.6 Å². The minimum absolute atomic E-state index is 0.0153. The van der Waals surface area contributed by atoms with Gasteiger partial charge in [-0.2, -0.15) is 0 Å². The molecule has 4 nitrogen and oxygen atoms in total. The first-order valence-electron chi connectivity index (χ1n) is 8.62. The van der Waals surface area contributed by atoms with Crippen molar-refractivity contribution in [2.45, 2.75) is 25.8 Å². The van der Waals surface area contributed by atoms with Crippen molar-refractivity contribution in [3.8, 4) is 0 Å². The van der Waals surface area contributed by atoms with Crippen molar-refractivity contribution in [3.63, 3.8) is 0 Å². The maximum atomic E-state index is 14.0. The van der Waals surface area contributed by atoms with Gasteiger partial charge in [0.05, 0.1) is 11.6 Å². The molecule has 1 fully saturated rings. The minimum Gasteiger partial charge on any atom is -0.309 e. The maximum absolute atomic E-state index is 14.0. The maximum Gasteiger partial charge on any atom is 0.232 e. The van der Waals surface area contributed by atoms with E-state index in [1.165, 1.54) is 11.0 Å². The lowest BCUT2D eigenvalue weighted by Gasteiger charge is -2.26. The molecule has 134 valence electrons. The number of fused-ring (bicyclic) bond motifs is 1. The van der Waals surface area contributed by atoms with Gasteiger partial charge < -0.3 is 9.80 Å². The van der Waals surface area contributed by atoms with E-state index in [0.717, 1.165) is 29.8 Å². The van der Waals surface area contributed by atoms with Crippen LogP contribution in [0, 0.1) is 17.6 Å². The molecule has 2 aliphatic rings. The van der Waals surface area contributed by atoms with Crippen LogP contribution in [-0.2, 0) is 16.0 Å². The molecule has 0 aromatic heterocycles. The van der Waals surface area contributed by atoms with Gasteiger partial charge in [-0.25, -0.2) is 8.78 Å². The molecule has 6 heteroatoms. The fourth-order valence-electron chi connectivity index (χ4n) is 3.90. The average Bonchev–Trinajstić information content (AvgIpc) is 3.14. The first-order chi connectivity index (χ1) is 12.5. The topological polar surface area (TPSA) is 40.6 Å². The van der Waals surface area contributed by atoms with Crippen molar-refractivity contribution >= 4 is 23.2 Å². The highest BCUT2D eigenvalue weighted by Crippen LogP contribution is 2.35. The van der Waals surface area contributed by atoms with Gasteiger partial charge in [-0.15, -0.1) is 0 Å². The zero-order chi connectivity index (χ0) is 18.4. The molecule has 1 saturated heterocycles. The number of carbonyl (C=O) groups is 2. The molecule has 26 heavy (non-hydrogen) atoms. The molecule has 2 atom stereocenters. The first kappa shape index (κ1) is 16.7. The lowest BCUT2D eigenvalue weighted by atomic mass is 10.1. The summed E-state index contributed by atoms with van der Waals surface area (Å²) in [5.41, 5.74) is 2.00. The summed E-state index contributed by atoms with van der Waals surface area (Å²) in [6.07, 6.45) is 0.805. The lowest BCUT2D eigenvalue weighted by Crippen LogP contribution is -2.41. The first-order valence-corrected chi connectivity index (χ1v) is 8.62. The number of nitrogens with zero attached hydrogens (tertiary/aromatic N) is 2. The van der Waals surface area contributed by atoms with E-state index in [1.54, 1.807) is 4.90 Å². The normalized spacial score (nSPS) is 22.0. The third-order valence-electron chi connectivity index (χ3n) is 5.12. The highest BCUT2D eigenvalue weighted by molar-refractivity contribution is 6.05. The molecule has 0 saturated carbocycles. The van der Waals surface area contributed by atoms with Crippen molar-refractivity contribution in [2.24, 2.45) is 5.92 Å². The Kier molecular flexibility index (Phi) is 3.98. The van der Waals surface area contributed by atoms with Gasteiger partial charge in [-0.3, -0.25) is 9.59 Å². The number of carbonyl (C=O) groups excluding carboxylic acids is 2. The monoisotopic (exact) mass is 356 g/mol. The summed E-state index contributed by atoms with van der Waals surface area (Å²) in [7, 11) is 0. The fraction of sp³-hybridized carbons (Fsp3) is 0.300.